The van der Waals surface area contributed by atoms with Gasteiger partial charge in [0.05, 0.1) is 28.4 Å². The summed E-state index contributed by atoms with van der Waals surface area (Å²) in [5.74, 6) is -0.580. The Morgan fingerprint density at radius 3 is 2.80 bits per heavy atom. The van der Waals surface area contributed by atoms with Gasteiger partial charge >= 0.3 is 0 Å². The SMILES string of the molecule is CN1C(C(O)Nc2ccc(F)c(Cl)c2)CC(c2ccc3c(c2)ncn3C)NS1(=O)=O. The maximum absolute atomic E-state index is 13.4. The monoisotopic (exact) mass is 453 g/mol. The molecule has 0 aliphatic carbocycles. The quantitative estimate of drug-likeness (QED) is 0.527. The maximum Gasteiger partial charge on any atom is 0.280 e. The minimum atomic E-state index is -3.84. The first-order chi connectivity index (χ1) is 14.2. The number of fused-ring (bicyclic) bond motifs is 1. The number of anilines is 1. The molecule has 0 spiro atoms. The van der Waals surface area contributed by atoms with Gasteiger partial charge < -0.3 is 15.0 Å². The number of likely N-dealkylation sites (N-methyl/N-ethyl adjacent to an activating group) is 1. The van der Waals surface area contributed by atoms with Crippen molar-refractivity contribution < 1.29 is 17.9 Å². The van der Waals surface area contributed by atoms with Crippen LogP contribution in [0.2, 0.25) is 5.02 Å². The highest BCUT2D eigenvalue weighted by Gasteiger charge is 2.40. The minimum Gasteiger partial charge on any atom is -0.372 e. The van der Waals surface area contributed by atoms with Crippen molar-refractivity contribution in [2.45, 2.75) is 24.7 Å². The van der Waals surface area contributed by atoms with E-state index in [0.29, 0.717) is 12.1 Å². The van der Waals surface area contributed by atoms with Crippen LogP contribution in [-0.2, 0) is 17.3 Å². The van der Waals surface area contributed by atoms with Crippen LogP contribution in [0.5, 0.6) is 0 Å². The summed E-state index contributed by atoms with van der Waals surface area (Å²) in [5.41, 5.74) is 2.81. The van der Waals surface area contributed by atoms with Crippen LogP contribution in [0.15, 0.2) is 42.7 Å². The largest absolute Gasteiger partial charge is 0.372 e. The summed E-state index contributed by atoms with van der Waals surface area (Å²) in [6.45, 7) is 0. The van der Waals surface area contributed by atoms with Gasteiger partial charge in [0.2, 0.25) is 0 Å². The summed E-state index contributed by atoms with van der Waals surface area (Å²) in [7, 11) is -0.558. The number of imidazole rings is 1. The van der Waals surface area contributed by atoms with Gasteiger partial charge in [-0.15, -0.1) is 0 Å². The third-order valence-electron chi connectivity index (χ3n) is 5.37. The van der Waals surface area contributed by atoms with Crippen molar-refractivity contribution >= 4 is 38.5 Å². The number of hydrogen-bond donors (Lipinski definition) is 3. The van der Waals surface area contributed by atoms with Crippen molar-refractivity contribution in [3.05, 3.63) is 59.1 Å². The van der Waals surface area contributed by atoms with Gasteiger partial charge in [0, 0.05) is 25.8 Å². The number of hydrogen-bond acceptors (Lipinski definition) is 5. The molecule has 160 valence electrons. The van der Waals surface area contributed by atoms with Crippen molar-refractivity contribution in [1.29, 1.82) is 0 Å². The third-order valence-corrected chi connectivity index (χ3v) is 7.27. The van der Waals surface area contributed by atoms with Gasteiger partial charge in [-0.3, -0.25) is 0 Å². The molecule has 1 aliphatic rings. The average Bonchev–Trinajstić information content (AvgIpc) is 3.07. The van der Waals surface area contributed by atoms with Crippen molar-refractivity contribution in [3.63, 3.8) is 0 Å². The lowest BCUT2D eigenvalue weighted by molar-refractivity contribution is 0.102. The number of benzene rings is 2. The number of aliphatic hydroxyl groups excluding tert-OH is 1. The molecule has 8 nitrogen and oxygen atoms in total. The molecule has 0 bridgehead atoms. The second-order valence-electron chi connectivity index (χ2n) is 7.32. The van der Waals surface area contributed by atoms with Gasteiger partial charge in [0.15, 0.2) is 0 Å². The Morgan fingerprint density at radius 1 is 1.30 bits per heavy atom. The van der Waals surface area contributed by atoms with Crippen LogP contribution in [0.4, 0.5) is 10.1 Å². The molecule has 3 N–H and O–H groups in total. The fraction of sp³-hybridized carbons (Fsp3) is 0.316. The maximum atomic E-state index is 13.4. The molecule has 2 aromatic carbocycles. The van der Waals surface area contributed by atoms with Crippen LogP contribution in [0.3, 0.4) is 0 Å². The summed E-state index contributed by atoms with van der Waals surface area (Å²) in [6, 6.07) is 8.18. The number of halogens is 2. The summed E-state index contributed by atoms with van der Waals surface area (Å²) in [6.07, 6.45) is 0.754. The fourth-order valence-corrected chi connectivity index (χ4v) is 5.13. The van der Waals surface area contributed by atoms with E-state index in [1.54, 1.807) is 6.33 Å². The molecule has 1 aliphatic heterocycles. The van der Waals surface area contributed by atoms with Crippen molar-refractivity contribution in [2.24, 2.45) is 7.05 Å². The molecule has 1 fully saturated rings. The van der Waals surface area contributed by atoms with Crippen molar-refractivity contribution in [3.8, 4) is 0 Å². The van der Waals surface area contributed by atoms with E-state index < -0.39 is 34.3 Å². The molecule has 11 heteroatoms. The standard InChI is InChI=1S/C19H21ClFN5O3S/c1-25-10-22-16-7-11(3-6-17(16)25)15-9-18(26(2)30(28,29)24-15)19(27)23-12-4-5-14(21)13(20)8-12/h3-8,10,15,18-19,23-24,27H,9H2,1-2H3. The molecule has 4 rings (SSSR count). The number of aliphatic hydroxyl groups is 1. The number of nitrogens with one attached hydrogen (secondary N) is 2. The summed E-state index contributed by atoms with van der Waals surface area (Å²) in [4.78, 5) is 4.32. The lowest BCUT2D eigenvalue weighted by Gasteiger charge is -2.39. The normalized spacial score (nSPS) is 22.8. The molecule has 3 atom stereocenters. The second-order valence-corrected chi connectivity index (χ2v) is 9.49. The Hall–Kier alpha value is -2.24. The third kappa shape index (κ3) is 3.88. The van der Waals surface area contributed by atoms with E-state index in [4.69, 9.17) is 11.6 Å². The first-order valence-electron chi connectivity index (χ1n) is 9.21. The van der Waals surface area contributed by atoms with E-state index in [0.717, 1.165) is 20.9 Å². The number of rotatable bonds is 4. The molecule has 0 radical (unpaired) electrons. The lowest BCUT2D eigenvalue weighted by atomic mass is 9.98. The highest BCUT2D eigenvalue weighted by atomic mass is 35.5. The summed E-state index contributed by atoms with van der Waals surface area (Å²) in [5, 5.41) is 13.4. The molecule has 3 aromatic rings. The van der Waals surface area contributed by atoms with Crippen LogP contribution in [0.25, 0.3) is 11.0 Å². The van der Waals surface area contributed by atoms with E-state index in [2.05, 4.69) is 15.0 Å². The van der Waals surface area contributed by atoms with Crippen molar-refractivity contribution in [2.75, 3.05) is 12.4 Å². The number of aryl methyl sites for hydroxylation is 1. The van der Waals surface area contributed by atoms with Gasteiger partial charge in [-0.05, 0) is 42.3 Å². The lowest BCUT2D eigenvalue weighted by Crippen LogP contribution is -2.57. The van der Waals surface area contributed by atoms with Crippen LogP contribution < -0.4 is 10.0 Å². The Kier molecular flexibility index (Phi) is 5.45. The van der Waals surface area contributed by atoms with Gasteiger partial charge in [-0.25, -0.2) is 9.37 Å². The smallest absolute Gasteiger partial charge is 0.280 e. The van der Waals surface area contributed by atoms with E-state index in [1.165, 1.54) is 25.2 Å². The molecule has 0 amide bonds. The van der Waals surface area contributed by atoms with Gasteiger partial charge in [0.25, 0.3) is 10.2 Å². The first kappa shape index (κ1) is 21.0. The highest BCUT2D eigenvalue weighted by Crippen LogP contribution is 2.31. The molecule has 1 saturated heterocycles. The zero-order chi connectivity index (χ0) is 21.6. The number of nitrogens with zero attached hydrogens (tertiary/aromatic N) is 3. The minimum absolute atomic E-state index is 0.0972. The number of aromatic nitrogens is 2. The zero-order valence-electron chi connectivity index (χ0n) is 16.3. The second kappa shape index (κ2) is 7.78. The van der Waals surface area contributed by atoms with Gasteiger partial charge in [0.1, 0.15) is 12.0 Å². The topological polar surface area (TPSA) is 99.5 Å². The molecule has 30 heavy (non-hydrogen) atoms. The van der Waals surface area contributed by atoms with Gasteiger partial charge in [-0.1, -0.05) is 17.7 Å². The molecule has 0 saturated carbocycles. The average molecular weight is 454 g/mol. The zero-order valence-corrected chi connectivity index (χ0v) is 17.8. The molecule has 3 unspecified atom stereocenters. The van der Waals surface area contributed by atoms with Crippen LogP contribution in [-0.4, -0.2) is 46.7 Å². The van der Waals surface area contributed by atoms with Crippen LogP contribution >= 0.6 is 11.6 Å². The molecule has 2 heterocycles. The Balaban J connectivity index is 1.60. The fourth-order valence-electron chi connectivity index (χ4n) is 3.63. The highest BCUT2D eigenvalue weighted by molar-refractivity contribution is 7.87. The van der Waals surface area contributed by atoms with E-state index in [1.807, 2.05) is 29.8 Å². The van der Waals surface area contributed by atoms with Crippen LogP contribution in [0, 0.1) is 5.82 Å². The van der Waals surface area contributed by atoms with Crippen molar-refractivity contribution in [1.82, 2.24) is 18.6 Å². The molecular formula is C19H21ClFN5O3S. The summed E-state index contributed by atoms with van der Waals surface area (Å²) < 4.78 is 44.4. The predicted molar refractivity (Wildman–Crippen MR) is 113 cm³/mol. The predicted octanol–water partition coefficient (Wildman–Crippen LogP) is 2.38. The Morgan fingerprint density at radius 2 is 2.07 bits per heavy atom. The van der Waals surface area contributed by atoms with E-state index in [-0.39, 0.29) is 5.02 Å². The Bertz CT molecular complexity index is 1200. The molecular weight excluding hydrogens is 433 g/mol. The Labute approximate surface area is 178 Å². The van der Waals surface area contributed by atoms with Crippen LogP contribution in [0.1, 0.15) is 18.0 Å². The van der Waals surface area contributed by atoms with E-state index >= 15 is 0 Å². The summed E-state index contributed by atoms with van der Waals surface area (Å²) >= 11 is 5.79. The first-order valence-corrected chi connectivity index (χ1v) is 11.0. The van der Waals surface area contributed by atoms with Gasteiger partial charge in [-0.2, -0.15) is 17.4 Å². The van der Waals surface area contributed by atoms with E-state index in [9.17, 15) is 17.9 Å². The molecule has 1 aromatic heterocycles.